The smallest absolute Gasteiger partial charge is 0.391 e. The lowest BCUT2D eigenvalue weighted by molar-refractivity contribution is -0.127. The molecule has 82 valence electrons. The second-order valence-electron chi connectivity index (χ2n) is 2.85. The first-order chi connectivity index (χ1) is 6.92. The van der Waals surface area contributed by atoms with E-state index >= 15 is 0 Å². The highest BCUT2D eigenvalue weighted by atomic mass is 127. The predicted octanol–water partition coefficient (Wildman–Crippen LogP) is 3.30. The maximum atomic E-state index is 12.0. The highest BCUT2D eigenvalue weighted by Crippen LogP contribution is 2.21. The average Bonchev–Trinajstić information content (AvgIpc) is 2.15. The molecule has 0 heterocycles. The van der Waals surface area contributed by atoms with Crippen LogP contribution in [-0.4, -0.2) is 12.1 Å². The van der Waals surface area contributed by atoms with Gasteiger partial charge in [-0.3, -0.25) is 0 Å². The summed E-state index contributed by atoms with van der Waals surface area (Å²) < 4.78 is 40.3. The van der Waals surface area contributed by atoms with Crippen molar-refractivity contribution in [3.63, 3.8) is 0 Å². The molecule has 15 heavy (non-hydrogen) atoms. The van der Waals surface area contributed by atoms with E-state index in [1.165, 1.54) is 47.3 Å². The number of hydrogen-bond donors (Lipinski definition) is 0. The van der Waals surface area contributed by atoms with Crippen molar-refractivity contribution in [3.05, 3.63) is 35.4 Å². The molecule has 1 rings (SSSR count). The number of carbonyl (C=O) groups is 1. The zero-order chi connectivity index (χ0) is 11.5. The molecule has 0 unspecified atom stereocenters. The van der Waals surface area contributed by atoms with Crippen LogP contribution in [0.25, 0.3) is 0 Å². The Balaban J connectivity index is 2.77. The molecule has 0 aliphatic rings. The van der Waals surface area contributed by atoms with Crippen molar-refractivity contribution in [2.24, 2.45) is 0 Å². The molecular weight excluding hydrogens is 324 g/mol. The summed E-state index contributed by atoms with van der Waals surface area (Å²) >= 11 is 1.42. The van der Waals surface area contributed by atoms with E-state index in [2.05, 4.69) is 3.07 Å². The molecule has 2 nitrogen and oxygen atoms in total. The maximum absolute atomic E-state index is 12.0. The van der Waals surface area contributed by atoms with E-state index in [0.717, 1.165) is 0 Å². The van der Waals surface area contributed by atoms with Crippen LogP contribution in [0.15, 0.2) is 24.3 Å². The molecule has 0 saturated heterocycles. The first-order valence-corrected chi connectivity index (χ1v) is 4.79. The van der Waals surface area contributed by atoms with E-state index in [9.17, 15) is 18.0 Å². The second-order valence-corrected chi connectivity index (χ2v) is 3.29. The molecule has 0 bridgehead atoms. The third kappa shape index (κ3) is 4.06. The van der Waals surface area contributed by atoms with Crippen LogP contribution in [0.4, 0.5) is 13.2 Å². The molecule has 0 amide bonds. The van der Waals surface area contributed by atoms with Crippen LogP contribution in [0.1, 0.15) is 15.9 Å². The Morgan fingerprint density at radius 3 is 2.20 bits per heavy atom. The summed E-state index contributed by atoms with van der Waals surface area (Å²) in [6.07, 6.45) is -5.22. The Kier molecular flexibility index (Phi) is 3.95. The second kappa shape index (κ2) is 4.82. The zero-order valence-corrected chi connectivity index (χ0v) is 9.50. The molecule has 0 aromatic heterocycles. The fourth-order valence-corrected chi connectivity index (χ4v) is 1.29. The molecule has 0 saturated carbocycles. The molecule has 0 aliphatic carbocycles. The molecule has 1 aromatic rings. The number of alkyl halides is 3. The fourth-order valence-electron chi connectivity index (χ4n) is 1.03. The van der Waals surface area contributed by atoms with E-state index in [0.29, 0.717) is 0 Å². The van der Waals surface area contributed by atoms with Crippen molar-refractivity contribution in [2.45, 2.75) is 12.6 Å². The summed E-state index contributed by atoms with van der Waals surface area (Å²) in [6, 6.07) is 5.14. The molecule has 6 heteroatoms. The van der Waals surface area contributed by atoms with Gasteiger partial charge in [0.05, 0.1) is 12.0 Å². The molecule has 1 aromatic carbocycles. The van der Waals surface area contributed by atoms with Gasteiger partial charge in [0.2, 0.25) is 0 Å². The minimum atomic E-state index is -4.23. The third-order valence-corrected chi connectivity index (χ3v) is 2.06. The highest BCUT2D eigenvalue weighted by molar-refractivity contribution is 14.1. The van der Waals surface area contributed by atoms with Gasteiger partial charge in [-0.05, 0) is 17.7 Å². The van der Waals surface area contributed by atoms with Gasteiger partial charge in [-0.1, -0.05) is 12.1 Å². The largest absolute Gasteiger partial charge is 0.393 e. The van der Waals surface area contributed by atoms with Crippen LogP contribution in [0.5, 0.6) is 0 Å². The lowest BCUT2D eigenvalue weighted by Crippen LogP contribution is -2.11. The quantitative estimate of drug-likeness (QED) is 0.778. The summed E-state index contributed by atoms with van der Waals surface area (Å²) in [6.45, 7) is 0. The number of halogens is 4. The van der Waals surface area contributed by atoms with Gasteiger partial charge in [0, 0.05) is 0 Å². The molecule has 0 radical (unpaired) electrons. The van der Waals surface area contributed by atoms with Crippen LogP contribution in [-0.2, 0) is 9.49 Å². The van der Waals surface area contributed by atoms with E-state index in [4.69, 9.17) is 0 Å². The van der Waals surface area contributed by atoms with Crippen molar-refractivity contribution >= 4 is 29.0 Å². The van der Waals surface area contributed by atoms with Crippen LogP contribution in [0.3, 0.4) is 0 Å². The van der Waals surface area contributed by atoms with Gasteiger partial charge in [0.15, 0.2) is 23.0 Å². The summed E-state index contributed by atoms with van der Waals surface area (Å²) in [7, 11) is 0. The minimum Gasteiger partial charge on any atom is -0.391 e. The Morgan fingerprint density at radius 2 is 1.80 bits per heavy atom. The molecule has 0 atom stereocenters. The van der Waals surface area contributed by atoms with Crippen LogP contribution in [0, 0.1) is 0 Å². The van der Waals surface area contributed by atoms with Gasteiger partial charge in [-0.15, -0.1) is 0 Å². The van der Waals surface area contributed by atoms with E-state index < -0.39 is 18.6 Å². The maximum Gasteiger partial charge on any atom is 0.393 e. The van der Waals surface area contributed by atoms with E-state index in [1.807, 2.05) is 0 Å². The van der Waals surface area contributed by atoms with Crippen LogP contribution in [0.2, 0.25) is 0 Å². The number of hydrogen-bond acceptors (Lipinski definition) is 2. The monoisotopic (exact) mass is 330 g/mol. The summed E-state index contributed by atoms with van der Waals surface area (Å²) in [5.41, 5.74) is 0.350. The molecule has 0 spiro atoms. The number of carbonyl (C=O) groups excluding carboxylic acids is 1. The first kappa shape index (κ1) is 12.3. The van der Waals surface area contributed by atoms with Crippen molar-refractivity contribution in [2.75, 3.05) is 0 Å². The predicted molar refractivity (Wildman–Crippen MR) is 55.6 cm³/mol. The van der Waals surface area contributed by atoms with Crippen LogP contribution >= 0.6 is 23.0 Å². The van der Waals surface area contributed by atoms with E-state index in [-0.39, 0.29) is 11.1 Å². The normalized spacial score (nSPS) is 11.2. The molecule has 0 fully saturated rings. The zero-order valence-electron chi connectivity index (χ0n) is 7.34. The highest BCUT2D eigenvalue weighted by Gasteiger charge is 2.27. The van der Waals surface area contributed by atoms with Gasteiger partial charge >= 0.3 is 12.1 Å². The molecule has 0 aliphatic heterocycles. The average molecular weight is 330 g/mol. The SMILES string of the molecule is O=C(OI)c1ccc(CC(F)(F)F)cc1. The van der Waals surface area contributed by atoms with Gasteiger partial charge < -0.3 is 3.07 Å². The Labute approximate surface area is 98.1 Å². The minimum absolute atomic E-state index is 0.118. The number of rotatable bonds is 2. The lowest BCUT2D eigenvalue weighted by atomic mass is 10.1. The van der Waals surface area contributed by atoms with Crippen molar-refractivity contribution < 1.29 is 21.0 Å². The first-order valence-electron chi connectivity index (χ1n) is 3.91. The van der Waals surface area contributed by atoms with Crippen molar-refractivity contribution in [3.8, 4) is 0 Å². The standard InChI is InChI=1S/C9H6F3IO2/c10-9(11,12)5-6-1-3-7(4-2-6)8(14)15-13/h1-4H,5H2. The topological polar surface area (TPSA) is 26.3 Å². The summed E-state index contributed by atoms with van der Waals surface area (Å²) in [5.74, 6) is -0.575. The summed E-state index contributed by atoms with van der Waals surface area (Å²) in [4.78, 5) is 11.0. The fraction of sp³-hybridized carbons (Fsp3) is 0.222. The molecule has 0 N–H and O–H groups in total. The third-order valence-electron chi connectivity index (χ3n) is 1.66. The van der Waals surface area contributed by atoms with Crippen molar-refractivity contribution in [1.82, 2.24) is 0 Å². The van der Waals surface area contributed by atoms with Gasteiger partial charge in [0.25, 0.3) is 0 Å². The Morgan fingerprint density at radius 1 is 1.27 bits per heavy atom. The van der Waals surface area contributed by atoms with Crippen LogP contribution < -0.4 is 0 Å². The van der Waals surface area contributed by atoms with Gasteiger partial charge in [0.1, 0.15) is 0 Å². The van der Waals surface area contributed by atoms with Crippen molar-refractivity contribution in [1.29, 1.82) is 0 Å². The Hall–Kier alpha value is -0.790. The number of benzene rings is 1. The van der Waals surface area contributed by atoms with Gasteiger partial charge in [-0.25, -0.2) is 4.79 Å². The van der Waals surface area contributed by atoms with E-state index in [1.54, 1.807) is 0 Å². The van der Waals surface area contributed by atoms with Gasteiger partial charge in [-0.2, -0.15) is 13.2 Å². The summed E-state index contributed by atoms with van der Waals surface area (Å²) in [5, 5.41) is 0. The molecular formula is C9H6F3IO2. The lowest BCUT2D eigenvalue weighted by Gasteiger charge is -2.06. The Bertz CT molecular complexity index is 345.